The van der Waals surface area contributed by atoms with Gasteiger partial charge in [0.15, 0.2) is 5.01 Å². The molecule has 3 aliphatic rings. The Morgan fingerprint density at radius 1 is 1.28 bits per heavy atom. The van der Waals surface area contributed by atoms with E-state index in [0.29, 0.717) is 37.7 Å². The van der Waals surface area contributed by atoms with Crippen LogP contribution in [-0.2, 0) is 15.1 Å². The number of aromatic nitrogens is 2. The standard InChI is InChI=1S/C21H25FN6O3S/c1-13(16(23)29)21(27-11-9-24-10-12-27)20(28(22)19(30)31-21,15-5-3-2-4-6-15)18-26-25-17(32-18)14-7-8-14/h2-6,13-14,24H,7-12H2,1H3,(H2,23,29). The van der Waals surface area contributed by atoms with Crippen molar-refractivity contribution in [3.05, 3.63) is 45.9 Å². The largest absolute Gasteiger partial charge is 0.441 e. The predicted molar refractivity (Wildman–Crippen MR) is 114 cm³/mol. The van der Waals surface area contributed by atoms with Crippen molar-refractivity contribution < 1.29 is 18.8 Å². The Balaban J connectivity index is 1.82. The van der Waals surface area contributed by atoms with Crippen LogP contribution in [0.4, 0.5) is 9.28 Å². The number of amides is 2. The quantitative estimate of drug-likeness (QED) is 0.631. The van der Waals surface area contributed by atoms with Crippen LogP contribution in [-0.4, -0.2) is 64.1 Å². The zero-order valence-corrected chi connectivity index (χ0v) is 18.5. The van der Waals surface area contributed by atoms with Crippen molar-refractivity contribution in [3.8, 4) is 0 Å². The summed E-state index contributed by atoms with van der Waals surface area (Å²) in [6, 6.07) is 8.76. The van der Waals surface area contributed by atoms with E-state index < -0.39 is 29.2 Å². The molecule has 2 saturated heterocycles. The van der Waals surface area contributed by atoms with Crippen LogP contribution in [0.15, 0.2) is 30.3 Å². The zero-order valence-electron chi connectivity index (χ0n) is 17.7. The molecule has 3 atom stereocenters. The number of hydrogen-bond acceptors (Lipinski definition) is 8. The van der Waals surface area contributed by atoms with Crippen LogP contribution < -0.4 is 11.1 Å². The number of nitrogens with one attached hydrogen (secondary N) is 1. The lowest BCUT2D eigenvalue weighted by molar-refractivity contribution is -0.187. The van der Waals surface area contributed by atoms with Crippen LogP contribution in [0.2, 0.25) is 0 Å². The number of nitrogens with zero attached hydrogens (tertiary/aromatic N) is 4. The monoisotopic (exact) mass is 460 g/mol. The third-order valence-corrected chi connectivity index (χ3v) is 7.88. The SMILES string of the molecule is CC(C(N)=O)C1(N2CCNCC2)OC(=O)N(F)C1(c1ccccc1)c1nnc(C2CC2)s1. The molecule has 3 N–H and O–H groups in total. The van der Waals surface area contributed by atoms with Crippen molar-refractivity contribution in [3.63, 3.8) is 0 Å². The molecule has 0 bridgehead atoms. The first-order valence-electron chi connectivity index (χ1n) is 10.8. The van der Waals surface area contributed by atoms with E-state index in [0.717, 1.165) is 17.8 Å². The summed E-state index contributed by atoms with van der Waals surface area (Å²) in [5.74, 6) is -1.44. The van der Waals surface area contributed by atoms with Crippen molar-refractivity contribution >= 4 is 23.3 Å². The van der Waals surface area contributed by atoms with Crippen molar-refractivity contribution in [2.75, 3.05) is 26.2 Å². The van der Waals surface area contributed by atoms with Gasteiger partial charge >= 0.3 is 6.09 Å². The van der Waals surface area contributed by atoms with Gasteiger partial charge in [-0.3, -0.25) is 9.69 Å². The predicted octanol–water partition coefficient (Wildman–Crippen LogP) is 1.72. The molecule has 2 aromatic rings. The molecule has 32 heavy (non-hydrogen) atoms. The fourth-order valence-electron chi connectivity index (χ4n) is 4.92. The minimum Gasteiger partial charge on any atom is -0.421 e. The summed E-state index contributed by atoms with van der Waals surface area (Å²) in [5, 5.41) is 13.1. The molecular formula is C21H25FN6O3S. The molecule has 1 aromatic carbocycles. The molecule has 3 heterocycles. The highest BCUT2D eigenvalue weighted by Gasteiger charge is 2.75. The summed E-state index contributed by atoms with van der Waals surface area (Å²) < 4.78 is 22.1. The van der Waals surface area contributed by atoms with Crippen molar-refractivity contribution in [2.45, 2.75) is 36.9 Å². The maximum atomic E-state index is 16.2. The molecule has 9 nitrogen and oxygen atoms in total. The topological polar surface area (TPSA) is 114 Å². The number of nitrogens with two attached hydrogens (primary N) is 1. The first-order valence-corrected chi connectivity index (χ1v) is 11.6. The fraction of sp³-hybridized carbons (Fsp3) is 0.524. The van der Waals surface area contributed by atoms with Gasteiger partial charge in [-0.2, -0.15) is 0 Å². The molecule has 3 unspecified atom stereocenters. The molecule has 1 aromatic heterocycles. The van der Waals surface area contributed by atoms with Gasteiger partial charge in [-0.1, -0.05) is 46.1 Å². The number of carbonyl (C=O) groups excluding carboxylic acids is 2. The highest BCUT2D eigenvalue weighted by Crippen LogP contribution is 2.58. The minimum absolute atomic E-state index is 0.0843. The number of piperazine rings is 1. The number of rotatable bonds is 6. The van der Waals surface area contributed by atoms with Crippen LogP contribution in [0, 0.1) is 5.92 Å². The molecule has 0 radical (unpaired) electrons. The average molecular weight is 461 g/mol. The van der Waals surface area contributed by atoms with E-state index >= 15 is 4.48 Å². The Morgan fingerprint density at radius 3 is 2.59 bits per heavy atom. The number of primary amides is 1. The highest BCUT2D eigenvalue weighted by atomic mass is 32.1. The molecule has 5 rings (SSSR count). The summed E-state index contributed by atoms with van der Waals surface area (Å²) in [6.07, 6.45) is 0.828. The third kappa shape index (κ3) is 2.87. The number of ether oxygens (including phenoxy) is 1. The highest BCUT2D eigenvalue weighted by molar-refractivity contribution is 7.11. The van der Waals surface area contributed by atoms with Crippen molar-refractivity contribution in [2.24, 2.45) is 11.7 Å². The van der Waals surface area contributed by atoms with Gasteiger partial charge in [0.1, 0.15) is 5.01 Å². The summed E-state index contributed by atoms with van der Waals surface area (Å²) in [4.78, 5) is 27.5. The number of cyclic esters (lactones) is 1. The molecule has 0 spiro atoms. The molecule has 1 saturated carbocycles. The smallest absolute Gasteiger partial charge is 0.421 e. The van der Waals surface area contributed by atoms with E-state index in [2.05, 4.69) is 15.5 Å². The Hall–Kier alpha value is -2.63. The van der Waals surface area contributed by atoms with E-state index in [4.69, 9.17) is 10.5 Å². The number of carbonyl (C=O) groups is 2. The van der Waals surface area contributed by atoms with E-state index in [9.17, 15) is 9.59 Å². The van der Waals surface area contributed by atoms with E-state index in [1.807, 2.05) is 4.90 Å². The first-order chi connectivity index (χ1) is 15.4. The lowest BCUT2D eigenvalue weighted by Crippen LogP contribution is -2.71. The second-order valence-electron chi connectivity index (χ2n) is 8.50. The van der Waals surface area contributed by atoms with E-state index in [-0.39, 0.29) is 10.1 Å². The maximum Gasteiger partial charge on any atom is 0.441 e. The van der Waals surface area contributed by atoms with Gasteiger partial charge in [0.2, 0.25) is 17.2 Å². The lowest BCUT2D eigenvalue weighted by Gasteiger charge is -2.51. The van der Waals surface area contributed by atoms with Crippen LogP contribution in [0.25, 0.3) is 0 Å². The van der Waals surface area contributed by atoms with E-state index in [1.165, 1.54) is 11.3 Å². The summed E-state index contributed by atoms with van der Waals surface area (Å²) >= 11 is 1.27. The van der Waals surface area contributed by atoms with Gasteiger partial charge in [0, 0.05) is 32.1 Å². The average Bonchev–Trinajstić information content (AvgIpc) is 3.50. The summed E-state index contributed by atoms with van der Waals surface area (Å²) in [7, 11) is 0. The number of halogens is 1. The van der Waals surface area contributed by atoms with Crippen LogP contribution in [0.5, 0.6) is 0 Å². The Kier molecular flexibility index (Phi) is 5.14. The zero-order chi connectivity index (χ0) is 22.5. The number of benzene rings is 1. The molecule has 2 amide bonds. The van der Waals surface area contributed by atoms with Gasteiger partial charge in [-0.05, 0) is 25.3 Å². The van der Waals surface area contributed by atoms with Crippen molar-refractivity contribution in [1.29, 1.82) is 0 Å². The van der Waals surface area contributed by atoms with Crippen LogP contribution >= 0.6 is 11.3 Å². The number of hydrogen-bond donors (Lipinski definition) is 2. The summed E-state index contributed by atoms with van der Waals surface area (Å²) in [6.45, 7) is 3.62. The molecule has 170 valence electrons. The first kappa shape index (κ1) is 21.2. The lowest BCUT2D eigenvalue weighted by atomic mass is 9.72. The van der Waals surface area contributed by atoms with Gasteiger partial charge in [0.25, 0.3) is 0 Å². The van der Waals surface area contributed by atoms with Crippen LogP contribution in [0.3, 0.4) is 0 Å². The molecular weight excluding hydrogens is 435 g/mol. The Morgan fingerprint density at radius 2 is 1.97 bits per heavy atom. The van der Waals surface area contributed by atoms with E-state index in [1.54, 1.807) is 37.3 Å². The van der Waals surface area contributed by atoms with Gasteiger partial charge in [-0.15, -0.1) is 15.3 Å². The molecule has 2 aliphatic heterocycles. The van der Waals surface area contributed by atoms with Gasteiger partial charge < -0.3 is 15.8 Å². The van der Waals surface area contributed by atoms with Crippen molar-refractivity contribution in [1.82, 2.24) is 25.5 Å². The second-order valence-corrected chi connectivity index (χ2v) is 9.51. The maximum absolute atomic E-state index is 16.2. The normalized spacial score (nSPS) is 29.7. The minimum atomic E-state index is -1.85. The molecule has 3 fully saturated rings. The Labute approximate surface area is 188 Å². The fourth-order valence-corrected chi connectivity index (χ4v) is 6.18. The van der Waals surface area contributed by atoms with Crippen LogP contribution in [0.1, 0.15) is 41.3 Å². The molecule has 1 aliphatic carbocycles. The third-order valence-electron chi connectivity index (χ3n) is 6.68. The summed E-state index contributed by atoms with van der Waals surface area (Å²) in [5.41, 5.74) is 2.65. The molecule has 11 heteroatoms. The Bertz CT molecular complexity index is 1030. The van der Waals surface area contributed by atoms with Gasteiger partial charge in [-0.25, -0.2) is 4.79 Å². The second kappa shape index (κ2) is 7.75. The van der Waals surface area contributed by atoms with Gasteiger partial charge in [0.05, 0.1) is 5.92 Å².